The standard InChI is InChI=1S/C21H20F3NO4/c1-28-20(26)25(27)19-7-3-5-15(19)12-14-4-2-6-18(13-14)29-17-10-8-16(9-11-17)21(22,23)24/h2-6,8-11,13,15,19,27H,7,12H2,1H3/t15-,19+/m1/s1. The first-order valence-corrected chi connectivity index (χ1v) is 8.94. The summed E-state index contributed by atoms with van der Waals surface area (Å²) in [6.45, 7) is 0. The quantitative estimate of drug-likeness (QED) is 0.407. The number of methoxy groups -OCH3 is 1. The molecule has 0 unspecified atom stereocenters. The maximum atomic E-state index is 12.7. The van der Waals surface area contributed by atoms with Gasteiger partial charge in [0.15, 0.2) is 0 Å². The Kier molecular flexibility index (Phi) is 6.12. The van der Waals surface area contributed by atoms with E-state index in [0.29, 0.717) is 29.4 Å². The number of amides is 1. The fourth-order valence-electron chi connectivity index (χ4n) is 3.27. The number of carbonyl (C=O) groups is 1. The topological polar surface area (TPSA) is 59.0 Å². The summed E-state index contributed by atoms with van der Waals surface area (Å²) in [5.41, 5.74) is 0.158. The maximum absolute atomic E-state index is 12.7. The van der Waals surface area contributed by atoms with Crippen molar-refractivity contribution in [3.05, 3.63) is 71.8 Å². The summed E-state index contributed by atoms with van der Waals surface area (Å²) in [6, 6.07) is 11.2. The van der Waals surface area contributed by atoms with E-state index in [1.165, 1.54) is 19.2 Å². The van der Waals surface area contributed by atoms with Crippen molar-refractivity contribution in [2.24, 2.45) is 5.92 Å². The molecular weight excluding hydrogens is 387 g/mol. The van der Waals surface area contributed by atoms with Crippen LogP contribution < -0.4 is 4.74 Å². The average molecular weight is 407 g/mol. The molecule has 0 heterocycles. The van der Waals surface area contributed by atoms with E-state index in [1.807, 2.05) is 18.2 Å². The Labute approximate surface area is 165 Å². The molecule has 3 rings (SSSR count). The molecule has 0 saturated heterocycles. The van der Waals surface area contributed by atoms with Gasteiger partial charge in [-0.05, 0) is 54.8 Å². The lowest BCUT2D eigenvalue weighted by atomic mass is 9.94. The van der Waals surface area contributed by atoms with Crippen LogP contribution in [-0.4, -0.2) is 29.5 Å². The zero-order chi connectivity index (χ0) is 21.0. The summed E-state index contributed by atoms with van der Waals surface area (Å²) in [5.74, 6) is 0.663. The minimum Gasteiger partial charge on any atom is -0.457 e. The van der Waals surface area contributed by atoms with Crippen molar-refractivity contribution in [2.75, 3.05) is 7.11 Å². The number of halogens is 3. The van der Waals surface area contributed by atoms with Crippen molar-refractivity contribution in [1.29, 1.82) is 0 Å². The van der Waals surface area contributed by atoms with Gasteiger partial charge in [0, 0.05) is 5.92 Å². The Balaban J connectivity index is 1.68. The lowest BCUT2D eigenvalue weighted by Crippen LogP contribution is -2.40. The van der Waals surface area contributed by atoms with Crippen molar-refractivity contribution < 1.29 is 32.6 Å². The molecule has 0 spiro atoms. The normalized spacial score (nSPS) is 18.5. The van der Waals surface area contributed by atoms with Crippen LogP contribution in [0.1, 0.15) is 17.5 Å². The van der Waals surface area contributed by atoms with E-state index in [2.05, 4.69) is 4.74 Å². The molecule has 8 heteroatoms. The van der Waals surface area contributed by atoms with E-state index < -0.39 is 23.9 Å². The van der Waals surface area contributed by atoms with Crippen molar-refractivity contribution in [1.82, 2.24) is 5.06 Å². The predicted octanol–water partition coefficient (Wildman–Crippen LogP) is 5.44. The highest BCUT2D eigenvalue weighted by molar-refractivity contribution is 5.66. The molecule has 29 heavy (non-hydrogen) atoms. The van der Waals surface area contributed by atoms with Gasteiger partial charge in [-0.15, -0.1) is 0 Å². The maximum Gasteiger partial charge on any atom is 0.433 e. The second-order valence-corrected chi connectivity index (χ2v) is 6.69. The van der Waals surface area contributed by atoms with Crippen LogP contribution >= 0.6 is 0 Å². The number of carbonyl (C=O) groups excluding carboxylic acids is 1. The fraction of sp³-hybridized carbons (Fsp3) is 0.286. The lowest BCUT2D eigenvalue weighted by Gasteiger charge is -2.26. The van der Waals surface area contributed by atoms with Gasteiger partial charge in [0.2, 0.25) is 0 Å². The third kappa shape index (κ3) is 5.08. The van der Waals surface area contributed by atoms with E-state index >= 15 is 0 Å². The van der Waals surface area contributed by atoms with Crippen LogP contribution in [-0.2, 0) is 17.3 Å². The monoisotopic (exact) mass is 407 g/mol. The zero-order valence-corrected chi connectivity index (χ0v) is 15.6. The summed E-state index contributed by atoms with van der Waals surface area (Å²) in [4.78, 5) is 11.6. The summed E-state index contributed by atoms with van der Waals surface area (Å²) in [7, 11) is 1.20. The van der Waals surface area contributed by atoms with E-state index in [1.54, 1.807) is 18.2 Å². The molecule has 1 aliphatic rings. The number of ether oxygens (including phenoxy) is 2. The van der Waals surface area contributed by atoms with Crippen LogP contribution in [0.4, 0.5) is 18.0 Å². The number of hydroxylamine groups is 2. The second kappa shape index (κ2) is 8.57. The van der Waals surface area contributed by atoms with Crippen LogP contribution in [0.15, 0.2) is 60.7 Å². The van der Waals surface area contributed by atoms with Gasteiger partial charge in [-0.25, -0.2) is 4.79 Å². The number of nitrogens with zero attached hydrogens (tertiary/aromatic N) is 1. The molecule has 0 aliphatic heterocycles. The van der Waals surface area contributed by atoms with E-state index in [0.717, 1.165) is 17.7 Å². The number of hydrogen-bond donors (Lipinski definition) is 1. The SMILES string of the molecule is COC(=O)N(O)[C@H]1CC=C[C@@H]1Cc1cccc(Oc2ccc(C(F)(F)F)cc2)c1. The first kappa shape index (κ1) is 20.7. The van der Waals surface area contributed by atoms with Crippen LogP contribution in [0.25, 0.3) is 0 Å². The molecule has 1 aliphatic carbocycles. The van der Waals surface area contributed by atoms with E-state index in [9.17, 15) is 23.2 Å². The van der Waals surface area contributed by atoms with E-state index in [-0.39, 0.29) is 5.92 Å². The van der Waals surface area contributed by atoms with Crippen molar-refractivity contribution in [3.8, 4) is 11.5 Å². The summed E-state index contributed by atoms with van der Waals surface area (Å²) < 4.78 is 48.2. The molecule has 2 aromatic carbocycles. The number of benzene rings is 2. The third-order valence-electron chi connectivity index (χ3n) is 4.72. The third-order valence-corrected chi connectivity index (χ3v) is 4.72. The lowest BCUT2D eigenvalue weighted by molar-refractivity contribution is -0.137. The van der Waals surface area contributed by atoms with Gasteiger partial charge >= 0.3 is 12.3 Å². The Morgan fingerprint density at radius 1 is 1.17 bits per heavy atom. The molecule has 0 bridgehead atoms. The van der Waals surface area contributed by atoms with Crippen LogP contribution in [0.5, 0.6) is 11.5 Å². The van der Waals surface area contributed by atoms with Crippen LogP contribution in [0, 0.1) is 5.92 Å². The minimum atomic E-state index is -4.39. The van der Waals surface area contributed by atoms with Crippen molar-refractivity contribution >= 4 is 6.09 Å². The molecule has 2 aromatic rings. The van der Waals surface area contributed by atoms with Crippen LogP contribution in [0.3, 0.4) is 0 Å². The van der Waals surface area contributed by atoms with Crippen molar-refractivity contribution in [2.45, 2.75) is 25.1 Å². The average Bonchev–Trinajstić information content (AvgIpc) is 3.14. The van der Waals surface area contributed by atoms with E-state index in [4.69, 9.17) is 4.74 Å². The molecule has 1 amide bonds. The summed E-state index contributed by atoms with van der Waals surface area (Å²) in [5, 5.41) is 10.6. The summed E-state index contributed by atoms with van der Waals surface area (Å²) in [6.07, 6.45) is -0.334. The highest BCUT2D eigenvalue weighted by atomic mass is 19.4. The molecule has 0 fully saturated rings. The molecule has 0 radical (unpaired) electrons. The van der Waals surface area contributed by atoms with Gasteiger partial charge in [0.05, 0.1) is 18.7 Å². The smallest absolute Gasteiger partial charge is 0.433 e. The number of rotatable bonds is 5. The van der Waals surface area contributed by atoms with Gasteiger partial charge in [-0.3, -0.25) is 5.21 Å². The minimum absolute atomic E-state index is 0.111. The predicted molar refractivity (Wildman–Crippen MR) is 98.7 cm³/mol. The Bertz CT molecular complexity index is 880. The summed E-state index contributed by atoms with van der Waals surface area (Å²) >= 11 is 0. The largest absolute Gasteiger partial charge is 0.457 e. The molecule has 2 atom stereocenters. The van der Waals surface area contributed by atoms with Crippen molar-refractivity contribution in [3.63, 3.8) is 0 Å². The Morgan fingerprint density at radius 2 is 1.90 bits per heavy atom. The zero-order valence-electron chi connectivity index (χ0n) is 15.6. The van der Waals surface area contributed by atoms with Gasteiger partial charge in [-0.1, -0.05) is 24.3 Å². The van der Waals surface area contributed by atoms with Gasteiger partial charge in [0.1, 0.15) is 11.5 Å². The number of hydrogen-bond acceptors (Lipinski definition) is 4. The Morgan fingerprint density at radius 3 is 2.55 bits per heavy atom. The van der Waals surface area contributed by atoms with Gasteiger partial charge in [-0.2, -0.15) is 18.2 Å². The molecule has 0 aromatic heterocycles. The van der Waals surface area contributed by atoms with Gasteiger partial charge in [0.25, 0.3) is 0 Å². The molecular formula is C21H20F3NO4. The van der Waals surface area contributed by atoms with Gasteiger partial charge < -0.3 is 9.47 Å². The fourth-order valence-corrected chi connectivity index (χ4v) is 3.27. The number of alkyl halides is 3. The Hall–Kier alpha value is -3.00. The second-order valence-electron chi connectivity index (χ2n) is 6.69. The first-order chi connectivity index (χ1) is 13.8. The molecule has 154 valence electrons. The highest BCUT2D eigenvalue weighted by Gasteiger charge is 2.32. The molecule has 1 N–H and O–H groups in total. The highest BCUT2D eigenvalue weighted by Crippen LogP contribution is 2.32. The molecule has 5 nitrogen and oxygen atoms in total. The molecule has 0 saturated carbocycles. The first-order valence-electron chi connectivity index (χ1n) is 8.94. The van der Waals surface area contributed by atoms with Crippen LogP contribution in [0.2, 0.25) is 0 Å².